The summed E-state index contributed by atoms with van der Waals surface area (Å²) < 4.78 is 5.43. The number of hydrogen-bond acceptors (Lipinski definition) is 3. The number of likely N-dealkylation sites (N-methyl/N-ethyl adjacent to an activating group) is 1. The first-order valence-corrected chi connectivity index (χ1v) is 7.25. The molecule has 1 amide bonds. The van der Waals surface area contributed by atoms with Crippen LogP contribution in [0.4, 0.5) is 0 Å². The highest BCUT2D eigenvalue weighted by Gasteiger charge is 2.37. The summed E-state index contributed by atoms with van der Waals surface area (Å²) in [4.78, 5) is 16.4. The lowest BCUT2D eigenvalue weighted by Crippen LogP contribution is -2.64. The molecule has 0 radical (unpaired) electrons. The third-order valence-electron chi connectivity index (χ3n) is 4.16. The van der Waals surface area contributed by atoms with Crippen LogP contribution in [-0.2, 0) is 9.53 Å². The van der Waals surface area contributed by atoms with Crippen molar-refractivity contribution in [2.24, 2.45) is 5.92 Å². The highest BCUT2D eigenvalue weighted by Crippen LogP contribution is 2.23. The van der Waals surface area contributed by atoms with Gasteiger partial charge in [0.25, 0.3) is 0 Å². The van der Waals surface area contributed by atoms with E-state index in [1.54, 1.807) is 0 Å². The minimum atomic E-state index is 0.129. The van der Waals surface area contributed by atoms with Crippen molar-refractivity contribution in [2.45, 2.75) is 45.7 Å². The molecule has 0 spiro atoms. The number of amides is 1. The molecule has 0 bridgehead atoms. The Hall–Kier alpha value is -0.610. The van der Waals surface area contributed by atoms with Crippen LogP contribution in [0.2, 0.25) is 0 Å². The average Bonchev–Trinajstić information content (AvgIpc) is 2.33. The van der Waals surface area contributed by atoms with E-state index in [9.17, 15) is 4.79 Å². The van der Waals surface area contributed by atoms with E-state index in [4.69, 9.17) is 4.74 Å². The lowest BCUT2D eigenvalue weighted by atomic mass is 9.99. The van der Waals surface area contributed by atoms with Gasteiger partial charge in [0.1, 0.15) is 0 Å². The second-order valence-corrected chi connectivity index (χ2v) is 5.73. The third-order valence-corrected chi connectivity index (χ3v) is 4.16. The quantitative estimate of drug-likeness (QED) is 0.759. The Bertz CT molecular complexity index is 282. The monoisotopic (exact) mass is 254 g/mol. The van der Waals surface area contributed by atoms with Crippen molar-refractivity contribution in [3.05, 3.63) is 0 Å². The van der Waals surface area contributed by atoms with Crippen LogP contribution in [0.3, 0.4) is 0 Å². The van der Waals surface area contributed by atoms with Gasteiger partial charge >= 0.3 is 0 Å². The molecule has 2 heterocycles. The molecule has 4 nitrogen and oxygen atoms in total. The van der Waals surface area contributed by atoms with Crippen LogP contribution in [0, 0.1) is 5.92 Å². The zero-order valence-corrected chi connectivity index (χ0v) is 11.9. The van der Waals surface area contributed by atoms with E-state index in [-0.39, 0.29) is 5.92 Å². The van der Waals surface area contributed by atoms with Crippen molar-refractivity contribution in [3.63, 3.8) is 0 Å². The van der Waals surface area contributed by atoms with Gasteiger partial charge in [0.15, 0.2) is 0 Å². The number of likely N-dealkylation sites (tertiary alicyclic amines) is 1. The van der Waals surface area contributed by atoms with Crippen LogP contribution in [0.1, 0.15) is 33.6 Å². The van der Waals surface area contributed by atoms with Gasteiger partial charge in [0, 0.05) is 44.3 Å². The highest BCUT2D eigenvalue weighted by molar-refractivity contribution is 5.79. The Balaban J connectivity index is 1.83. The SMILES string of the molecule is CCN(C1CCOCC1)C1CN(C(=O)C(C)C)C1. The van der Waals surface area contributed by atoms with E-state index >= 15 is 0 Å². The molecule has 0 N–H and O–H groups in total. The smallest absolute Gasteiger partial charge is 0.225 e. The first-order chi connectivity index (χ1) is 8.63. The summed E-state index contributed by atoms with van der Waals surface area (Å²) in [5.41, 5.74) is 0. The molecule has 18 heavy (non-hydrogen) atoms. The van der Waals surface area contributed by atoms with Crippen LogP contribution in [0.5, 0.6) is 0 Å². The summed E-state index contributed by atoms with van der Waals surface area (Å²) in [5.74, 6) is 0.429. The number of carbonyl (C=O) groups excluding carboxylic acids is 1. The van der Waals surface area contributed by atoms with Gasteiger partial charge in [-0.05, 0) is 19.4 Å². The van der Waals surface area contributed by atoms with E-state index in [1.807, 2.05) is 18.7 Å². The minimum absolute atomic E-state index is 0.129. The molecule has 104 valence electrons. The normalized spacial score (nSPS) is 22.6. The molecule has 0 atom stereocenters. The fraction of sp³-hybridized carbons (Fsp3) is 0.929. The first kappa shape index (κ1) is 13.8. The predicted molar refractivity (Wildman–Crippen MR) is 71.4 cm³/mol. The van der Waals surface area contributed by atoms with Gasteiger partial charge in [-0.2, -0.15) is 0 Å². The molecule has 2 aliphatic heterocycles. The fourth-order valence-electron chi connectivity index (χ4n) is 3.04. The van der Waals surface area contributed by atoms with Crippen molar-refractivity contribution in [3.8, 4) is 0 Å². The molecule has 0 aromatic heterocycles. The van der Waals surface area contributed by atoms with Gasteiger partial charge in [0.05, 0.1) is 0 Å². The van der Waals surface area contributed by atoms with E-state index in [0.717, 1.165) is 45.7 Å². The topological polar surface area (TPSA) is 32.8 Å². The van der Waals surface area contributed by atoms with E-state index < -0.39 is 0 Å². The molecular weight excluding hydrogens is 228 g/mol. The summed E-state index contributed by atoms with van der Waals surface area (Å²) in [7, 11) is 0. The van der Waals surface area contributed by atoms with Gasteiger partial charge in [-0.1, -0.05) is 20.8 Å². The van der Waals surface area contributed by atoms with E-state index in [0.29, 0.717) is 18.0 Å². The molecule has 0 aliphatic carbocycles. The van der Waals surface area contributed by atoms with E-state index in [2.05, 4.69) is 11.8 Å². The second-order valence-electron chi connectivity index (χ2n) is 5.73. The summed E-state index contributed by atoms with van der Waals surface area (Å²) in [6.45, 7) is 10.9. The van der Waals surface area contributed by atoms with Crippen LogP contribution < -0.4 is 0 Å². The maximum atomic E-state index is 11.8. The molecule has 2 saturated heterocycles. The Kier molecular flexibility index (Phi) is 4.62. The van der Waals surface area contributed by atoms with Crippen LogP contribution in [0.25, 0.3) is 0 Å². The molecule has 2 fully saturated rings. The van der Waals surface area contributed by atoms with Crippen molar-refractivity contribution in [2.75, 3.05) is 32.8 Å². The zero-order valence-electron chi connectivity index (χ0n) is 11.9. The summed E-state index contributed by atoms with van der Waals surface area (Å²) >= 11 is 0. The largest absolute Gasteiger partial charge is 0.381 e. The molecule has 2 aliphatic rings. The second kappa shape index (κ2) is 6.02. The fourth-order valence-corrected chi connectivity index (χ4v) is 3.04. The molecule has 0 unspecified atom stereocenters. The summed E-state index contributed by atoms with van der Waals surface area (Å²) in [5, 5.41) is 0. The number of rotatable bonds is 4. The Morgan fingerprint density at radius 1 is 1.28 bits per heavy atom. The Morgan fingerprint density at radius 2 is 1.89 bits per heavy atom. The number of hydrogen-bond donors (Lipinski definition) is 0. The van der Waals surface area contributed by atoms with Gasteiger partial charge in [-0.3, -0.25) is 9.69 Å². The predicted octanol–water partition coefficient (Wildman–Crippen LogP) is 1.35. The van der Waals surface area contributed by atoms with Crippen LogP contribution in [0.15, 0.2) is 0 Å². The van der Waals surface area contributed by atoms with Gasteiger partial charge in [0.2, 0.25) is 5.91 Å². The summed E-state index contributed by atoms with van der Waals surface area (Å²) in [6.07, 6.45) is 2.28. The first-order valence-electron chi connectivity index (χ1n) is 7.25. The van der Waals surface area contributed by atoms with Crippen molar-refractivity contribution < 1.29 is 9.53 Å². The Morgan fingerprint density at radius 3 is 2.39 bits per heavy atom. The van der Waals surface area contributed by atoms with E-state index in [1.165, 1.54) is 0 Å². The molecule has 2 rings (SSSR count). The zero-order chi connectivity index (χ0) is 13.1. The van der Waals surface area contributed by atoms with Crippen molar-refractivity contribution >= 4 is 5.91 Å². The van der Waals surface area contributed by atoms with Gasteiger partial charge < -0.3 is 9.64 Å². The molecule has 4 heteroatoms. The Labute approximate surface area is 110 Å². The minimum Gasteiger partial charge on any atom is -0.381 e. The number of nitrogens with zero attached hydrogens (tertiary/aromatic N) is 2. The highest BCUT2D eigenvalue weighted by atomic mass is 16.5. The van der Waals surface area contributed by atoms with Crippen molar-refractivity contribution in [1.82, 2.24) is 9.80 Å². The maximum Gasteiger partial charge on any atom is 0.225 e. The lowest BCUT2D eigenvalue weighted by Gasteiger charge is -2.49. The van der Waals surface area contributed by atoms with Gasteiger partial charge in [-0.15, -0.1) is 0 Å². The molecule has 0 saturated carbocycles. The third kappa shape index (κ3) is 2.86. The van der Waals surface area contributed by atoms with Crippen LogP contribution >= 0.6 is 0 Å². The molecule has 0 aromatic carbocycles. The number of carbonyl (C=O) groups is 1. The maximum absolute atomic E-state index is 11.8. The van der Waals surface area contributed by atoms with Gasteiger partial charge in [-0.25, -0.2) is 0 Å². The average molecular weight is 254 g/mol. The standard InChI is InChI=1S/C14H26N2O2/c1-4-16(12-5-7-18-8-6-12)13-9-15(10-13)14(17)11(2)3/h11-13H,4-10H2,1-3H3. The van der Waals surface area contributed by atoms with Crippen LogP contribution in [-0.4, -0.2) is 60.6 Å². The molecular formula is C14H26N2O2. The lowest BCUT2D eigenvalue weighted by molar-refractivity contribution is -0.143. The summed E-state index contributed by atoms with van der Waals surface area (Å²) in [6, 6.07) is 1.23. The van der Waals surface area contributed by atoms with Crippen molar-refractivity contribution in [1.29, 1.82) is 0 Å². The molecule has 0 aromatic rings. The number of ether oxygens (including phenoxy) is 1.